The minimum absolute atomic E-state index is 0.0654. The number of hydrogen-bond donors (Lipinski definition) is 0. The van der Waals surface area contributed by atoms with Gasteiger partial charge in [0.1, 0.15) is 11.4 Å². The molecular formula is C9H14O2. The quantitative estimate of drug-likeness (QED) is 0.536. The van der Waals surface area contributed by atoms with Crippen LogP contribution in [0.1, 0.15) is 33.1 Å². The number of carbonyl (C=O) groups excluding carboxylic acids is 1. The second-order valence-corrected chi connectivity index (χ2v) is 3.88. The predicted octanol–water partition coefficient (Wildman–Crippen LogP) is 1.53. The highest BCUT2D eigenvalue weighted by Gasteiger charge is 2.60. The van der Waals surface area contributed by atoms with Crippen molar-refractivity contribution in [1.82, 2.24) is 0 Å². The summed E-state index contributed by atoms with van der Waals surface area (Å²) in [5.74, 6) is 0.482. The average Bonchev–Trinajstić information content (AvgIpc) is 2.58. The van der Waals surface area contributed by atoms with Crippen LogP contribution in [0.2, 0.25) is 0 Å². The molecule has 11 heavy (non-hydrogen) atoms. The molecule has 0 radical (unpaired) electrons. The van der Waals surface area contributed by atoms with Gasteiger partial charge in [0.2, 0.25) is 0 Å². The van der Waals surface area contributed by atoms with Gasteiger partial charge in [-0.1, -0.05) is 0 Å². The molecule has 0 aromatic rings. The van der Waals surface area contributed by atoms with Gasteiger partial charge in [-0.15, -0.1) is 0 Å². The molecule has 2 rings (SSSR count). The van der Waals surface area contributed by atoms with E-state index in [1.54, 1.807) is 6.92 Å². The third kappa shape index (κ3) is 0.924. The summed E-state index contributed by atoms with van der Waals surface area (Å²) in [5, 5.41) is 0. The lowest BCUT2D eigenvalue weighted by Crippen LogP contribution is -2.32. The topological polar surface area (TPSA) is 29.6 Å². The van der Waals surface area contributed by atoms with Gasteiger partial charge < -0.3 is 4.74 Å². The van der Waals surface area contributed by atoms with Crippen molar-refractivity contribution >= 4 is 5.78 Å². The first-order valence-electron chi connectivity index (χ1n) is 4.33. The molecule has 1 heterocycles. The third-order valence-corrected chi connectivity index (χ3v) is 3.12. The van der Waals surface area contributed by atoms with Crippen LogP contribution in [0, 0.1) is 5.92 Å². The highest BCUT2D eigenvalue weighted by molar-refractivity contribution is 5.80. The van der Waals surface area contributed by atoms with Crippen LogP contribution in [0.3, 0.4) is 0 Å². The van der Waals surface area contributed by atoms with E-state index in [2.05, 4.69) is 6.92 Å². The molecule has 0 aromatic carbocycles. The van der Waals surface area contributed by atoms with Crippen molar-refractivity contribution in [1.29, 1.82) is 0 Å². The number of epoxide rings is 1. The van der Waals surface area contributed by atoms with E-state index in [0.717, 1.165) is 19.3 Å². The van der Waals surface area contributed by atoms with Crippen molar-refractivity contribution < 1.29 is 9.53 Å². The summed E-state index contributed by atoms with van der Waals surface area (Å²) >= 11 is 0. The first kappa shape index (κ1) is 7.29. The van der Waals surface area contributed by atoms with Crippen LogP contribution in [0.25, 0.3) is 0 Å². The predicted molar refractivity (Wildman–Crippen MR) is 41.3 cm³/mol. The zero-order chi connectivity index (χ0) is 8.06. The van der Waals surface area contributed by atoms with Gasteiger partial charge in [-0.3, -0.25) is 4.79 Å². The minimum Gasteiger partial charge on any atom is -0.366 e. The normalized spacial score (nSPS) is 48.2. The van der Waals surface area contributed by atoms with Crippen molar-refractivity contribution in [3.63, 3.8) is 0 Å². The Labute approximate surface area is 66.9 Å². The van der Waals surface area contributed by atoms with E-state index in [1.807, 2.05) is 0 Å². The summed E-state index contributed by atoms with van der Waals surface area (Å²) in [6, 6.07) is 0. The fraction of sp³-hybridized carbons (Fsp3) is 0.889. The maximum absolute atomic E-state index is 11.2. The Bertz CT molecular complexity index is 200. The van der Waals surface area contributed by atoms with E-state index < -0.39 is 0 Å². The molecule has 2 aliphatic rings. The van der Waals surface area contributed by atoms with Gasteiger partial charge in [0.05, 0.1) is 6.10 Å². The molecular weight excluding hydrogens is 140 g/mol. The monoisotopic (exact) mass is 154 g/mol. The van der Waals surface area contributed by atoms with Gasteiger partial charge in [-0.2, -0.15) is 0 Å². The lowest BCUT2D eigenvalue weighted by atomic mass is 9.78. The Kier molecular flexibility index (Phi) is 1.37. The van der Waals surface area contributed by atoms with E-state index in [0.29, 0.717) is 11.9 Å². The third-order valence-electron chi connectivity index (χ3n) is 3.12. The van der Waals surface area contributed by atoms with Crippen molar-refractivity contribution in [2.24, 2.45) is 5.92 Å². The molecule has 1 aliphatic carbocycles. The van der Waals surface area contributed by atoms with Crippen LogP contribution < -0.4 is 0 Å². The maximum Gasteiger partial charge on any atom is 0.135 e. The van der Waals surface area contributed by atoms with Crippen LogP contribution >= 0.6 is 0 Å². The van der Waals surface area contributed by atoms with E-state index in [1.165, 1.54) is 0 Å². The number of ether oxygens (including phenoxy) is 1. The summed E-state index contributed by atoms with van der Waals surface area (Å²) < 4.78 is 5.52. The SMILES string of the molecule is CC(=O)C1CCCC2OC21C. The van der Waals surface area contributed by atoms with Crippen LogP contribution in [0.15, 0.2) is 0 Å². The van der Waals surface area contributed by atoms with Crippen molar-refractivity contribution in [2.75, 3.05) is 0 Å². The molecule has 0 bridgehead atoms. The summed E-state index contributed by atoms with van der Waals surface area (Å²) in [4.78, 5) is 11.2. The summed E-state index contributed by atoms with van der Waals surface area (Å²) in [5.41, 5.74) is -0.0654. The van der Waals surface area contributed by atoms with Crippen LogP contribution in [0.4, 0.5) is 0 Å². The summed E-state index contributed by atoms with van der Waals surface area (Å²) in [6.07, 6.45) is 3.73. The number of ketones is 1. The Hall–Kier alpha value is -0.370. The summed E-state index contributed by atoms with van der Waals surface area (Å²) in [7, 11) is 0. The number of Topliss-reactive ketones (excluding diaryl/α,β-unsaturated/α-hetero) is 1. The van der Waals surface area contributed by atoms with E-state index in [4.69, 9.17) is 4.74 Å². The van der Waals surface area contributed by atoms with Gasteiger partial charge in [-0.05, 0) is 33.1 Å². The molecule has 62 valence electrons. The van der Waals surface area contributed by atoms with Crippen molar-refractivity contribution in [2.45, 2.75) is 44.8 Å². The molecule has 1 aliphatic heterocycles. The molecule has 2 heteroatoms. The number of fused-ring (bicyclic) bond motifs is 1. The molecule has 0 spiro atoms. The second kappa shape index (κ2) is 2.07. The molecule has 2 fully saturated rings. The molecule has 0 aromatic heterocycles. The highest BCUT2D eigenvalue weighted by atomic mass is 16.6. The Balaban J connectivity index is 2.14. The van der Waals surface area contributed by atoms with Gasteiger partial charge >= 0.3 is 0 Å². The van der Waals surface area contributed by atoms with E-state index in [9.17, 15) is 4.79 Å². The Morgan fingerprint density at radius 1 is 1.55 bits per heavy atom. The highest BCUT2D eigenvalue weighted by Crippen LogP contribution is 2.51. The van der Waals surface area contributed by atoms with Crippen LogP contribution in [0.5, 0.6) is 0 Å². The largest absolute Gasteiger partial charge is 0.366 e. The molecule has 0 amide bonds. The molecule has 3 atom stereocenters. The Morgan fingerprint density at radius 3 is 2.82 bits per heavy atom. The van der Waals surface area contributed by atoms with Gasteiger partial charge in [-0.25, -0.2) is 0 Å². The minimum atomic E-state index is -0.0654. The fourth-order valence-electron chi connectivity index (χ4n) is 2.33. The number of rotatable bonds is 1. The van der Waals surface area contributed by atoms with Crippen molar-refractivity contribution in [3.8, 4) is 0 Å². The zero-order valence-corrected chi connectivity index (χ0v) is 7.09. The smallest absolute Gasteiger partial charge is 0.135 e. The second-order valence-electron chi connectivity index (χ2n) is 3.88. The van der Waals surface area contributed by atoms with Gasteiger partial charge in [0.25, 0.3) is 0 Å². The Morgan fingerprint density at radius 2 is 2.27 bits per heavy atom. The maximum atomic E-state index is 11.2. The molecule has 3 unspecified atom stereocenters. The zero-order valence-electron chi connectivity index (χ0n) is 7.09. The lowest BCUT2D eigenvalue weighted by molar-refractivity contribution is -0.123. The lowest BCUT2D eigenvalue weighted by Gasteiger charge is -2.22. The number of hydrogen-bond acceptors (Lipinski definition) is 2. The van der Waals surface area contributed by atoms with E-state index in [-0.39, 0.29) is 11.5 Å². The first-order valence-corrected chi connectivity index (χ1v) is 4.33. The van der Waals surface area contributed by atoms with Gasteiger partial charge in [0, 0.05) is 5.92 Å². The fourth-order valence-corrected chi connectivity index (χ4v) is 2.33. The standard InChI is InChI=1S/C9H14O2/c1-6(10)7-4-3-5-8-9(7,2)11-8/h7-8H,3-5H2,1-2H3. The van der Waals surface area contributed by atoms with Crippen LogP contribution in [-0.4, -0.2) is 17.5 Å². The summed E-state index contributed by atoms with van der Waals surface area (Å²) in [6.45, 7) is 3.75. The average molecular weight is 154 g/mol. The van der Waals surface area contributed by atoms with Crippen molar-refractivity contribution in [3.05, 3.63) is 0 Å². The number of carbonyl (C=O) groups is 1. The van der Waals surface area contributed by atoms with Crippen LogP contribution in [-0.2, 0) is 9.53 Å². The molecule has 1 saturated carbocycles. The molecule has 1 saturated heterocycles. The molecule has 0 N–H and O–H groups in total. The molecule has 2 nitrogen and oxygen atoms in total. The first-order chi connectivity index (χ1) is 5.14. The van der Waals surface area contributed by atoms with Gasteiger partial charge in [0.15, 0.2) is 0 Å². The van der Waals surface area contributed by atoms with E-state index >= 15 is 0 Å².